The first-order chi connectivity index (χ1) is 9.84. The van der Waals surface area contributed by atoms with Crippen molar-refractivity contribution in [1.82, 2.24) is 9.88 Å². The molecule has 5 heteroatoms. The molecule has 2 heterocycles. The quantitative estimate of drug-likeness (QED) is 0.904. The Morgan fingerprint density at radius 1 is 1.43 bits per heavy atom. The van der Waals surface area contributed by atoms with Gasteiger partial charge in [0.1, 0.15) is 5.01 Å². The molecule has 1 aromatic rings. The van der Waals surface area contributed by atoms with Crippen molar-refractivity contribution in [3.05, 3.63) is 16.1 Å². The summed E-state index contributed by atoms with van der Waals surface area (Å²) in [6.07, 6.45) is 3.37. The number of rotatable bonds is 5. The Hall–Kier alpha value is -0.940. The van der Waals surface area contributed by atoms with Crippen molar-refractivity contribution >= 4 is 17.3 Å². The van der Waals surface area contributed by atoms with Crippen LogP contribution in [0.15, 0.2) is 5.38 Å². The van der Waals surface area contributed by atoms with Crippen LogP contribution in [0.5, 0.6) is 0 Å². The normalized spacial score (nSPS) is 18.0. The van der Waals surface area contributed by atoms with E-state index in [0.29, 0.717) is 12.3 Å². The van der Waals surface area contributed by atoms with Crippen LogP contribution in [0, 0.1) is 5.92 Å². The first-order valence-corrected chi connectivity index (χ1v) is 8.61. The van der Waals surface area contributed by atoms with Crippen LogP contribution >= 0.6 is 11.3 Å². The number of likely N-dealkylation sites (tertiary alicyclic amines) is 1. The van der Waals surface area contributed by atoms with E-state index < -0.39 is 5.97 Å². The molecule has 21 heavy (non-hydrogen) atoms. The third-order valence-electron chi connectivity index (χ3n) is 4.15. The van der Waals surface area contributed by atoms with Crippen molar-refractivity contribution in [3.63, 3.8) is 0 Å². The van der Waals surface area contributed by atoms with Crippen LogP contribution in [0.25, 0.3) is 0 Å². The van der Waals surface area contributed by atoms with Crippen molar-refractivity contribution in [1.29, 1.82) is 0 Å². The molecular formula is C16H26N2O2S. The zero-order valence-electron chi connectivity index (χ0n) is 13.3. The molecule has 1 saturated heterocycles. The molecular weight excluding hydrogens is 284 g/mol. The van der Waals surface area contributed by atoms with E-state index in [-0.39, 0.29) is 5.41 Å². The van der Waals surface area contributed by atoms with Crippen molar-refractivity contribution in [2.24, 2.45) is 5.92 Å². The summed E-state index contributed by atoms with van der Waals surface area (Å²) < 4.78 is 0. The van der Waals surface area contributed by atoms with Gasteiger partial charge in [0.15, 0.2) is 0 Å². The van der Waals surface area contributed by atoms with Crippen LogP contribution in [-0.4, -0.2) is 34.0 Å². The Morgan fingerprint density at radius 2 is 2.10 bits per heavy atom. The zero-order chi connectivity index (χ0) is 15.5. The molecule has 0 unspecified atom stereocenters. The van der Waals surface area contributed by atoms with Crippen LogP contribution in [0.4, 0.5) is 0 Å². The third-order valence-corrected chi connectivity index (χ3v) is 4.99. The van der Waals surface area contributed by atoms with Crippen molar-refractivity contribution in [2.45, 2.75) is 58.4 Å². The molecule has 1 fully saturated rings. The van der Waals surface area contributed by atoms with E-state index in [0.717, 1.165) is 38.9 Å². The molecule has 0 aliphatic carbocycles. The van der Waals surface area contributed by atoms with Crippen LogP contribution in [0.2, 0.25) is 0 Å². The van der Waals surface area contributed by atoms with Gasteiger partial charge in [0, 0.05) is 17.2 Å². The number of hydrogen-bond donors (Lipinski definition) is 1. The van der Waals surface area contributed by atoms with Gasteiger partial charge in [-0.3, -0.25) is 9.69 Å². The van der Waals surface area contributed by atoms with Gasteiger partial charge in [-0.25, -0.2) is 4.98 Å². The fourth-order valence-electron chi connectivity index (χ4n) is 2.68. The summed E-state index contributed by atoms with van der Waals surface area (Å²) in [6.45, 7) is 9.65. The number of thiazole rings is 1. The number of carboxylic acid groups (broad SMARTS) is 1. The predicted octanol–water partition coefficient (Wildman–Crippen LogP) is 3.52. The highest BCUT2D eigenvalue weighted by atomic mass is 32.1. The predicted molar refractivity (Wildman–Crippen MR) is 85.7 cm³/mol. The van der Waals surface area contributed by atoms with E-state index in [1.807, 2.05) is 0 Å². The van der Waals surface area contributed by atoms with E-state index in [4.69, 9.17) is 10.1 Å². The molecule has 2 rings (SSSR count). The number of aliphatic carboxylic acids is 1. The topological polar surface area (TPSA) is 53.4 Å². The Labute approximate surface area is 131 Å². The fourth-order valence-corrected chi connectivity index (χ4v) is 3.74. The van der Waals surface area contributed by atoms with Gasteiger partial charge in [0.25, 0.3) is 0 Å². The average Bonchev–Trinajstić information content (AvgIpc) is 2.86. The highest BCUT2D eigenvalue weighted by Gasteiger charge is 2.22. The minimum atomic E-state index is -0.671. The maximum Gasteiger partial charge on any atom is 0.303 e. The van der Waals surface area contributed by atoms with Crippen LogP contribution < -0.4 is 0 Å². The number of piperidine rings is 1. The monoisotopic (exact) mass is 310 g/mol. The molecule has 4 nitrogen and oxygen atoms in total. The van der Waals surface area contributed by atoms with Gasteiger partial charge in [0.05, 0.1) is 12.2 Å². The summed E-state index contributed by atoms with van der Waals surface area (Å²) in [7, 11) is 0. The van der Waals surface area contributed by atoms with E-state index in [1.54, 1.807) is 11.3 Å². The maximum atomic E-state index is 10.6. The first kappa shape index (κ1) is 16.4. The van der Waals surface area contributed by atoms with Gasteiger partial charge in [-0.05, 0) is 38.3 Å². The summed E-state index contributed by atoms with van der Waals surface area (Å²) in [5.41, 5.74) is 1.30. The van der Waals surface area contributed by atoms with E-state index >= 15 is 0 Å². The minimum Gasteiger partial charge on any atom is -0.481 e. The second-order valence-electron chi connectivity index (χ2n) is 7.03. The lowest BCUT2D eigenvalue weighted by atomic mass is 9.92. The molecule has 1 N–H and O–H groups in total. The third kappa shape index (κ3) is 5.08. The highest BCUT2D eigenvalue weighted by molar-refractivity contribution is 7.09. The molecule has 0 radical (unpaired) electrons. The Kier molecular flexibility index (Phi) is 5.38. The fraction of sp³-hybridized carbons (Fsp3) is 0.750. The average molecular weight is 310 g/mol. The smallest absolute Gasteiger partial charge is 0.303 e. The Balaban J connectivity index is 1.78. The number of carbonyl (C=O) groups is 1. The van der Waals surface area contributed by atoms with E-state index in [1.165, 1.54) is 10.7 Å². The van der Waals surface area contributed by atoms with Crippen LogP contribution in [-0.2, 0) is 16.8 Å². The number of nitrogens with zero attached hydrogens (tertiary/aromatic N) is 2. The van der Waals surface area contributed by atoms with E-state index in [2.05, 4.69) is 31.1 Å². The number of aromatic nitrogens is 1. The molecule has 118 valence electrons. The highest BCUT2D eigenvalue weighted by Crippen LogP contribution is 2.26. The SMILES string of the molecule is CC(C)(C)c1csc(CN2CCC(CCC(=O)O)CC2)n1. The van der Waals surface area contributed by atoms with E-state index in [9.17, 15) is 4.79 Å². The van der Waals surface area contributed by atoms with Gasteiger partial charge in [-0.15, -0.1) is 11.3 Å². The number of hydrogen-bond acceptors (Lipinski definition) is 4. The van der Waals surface area contributed by atoms with Crippen LogP contribution in [0.3, 0.4) is 0 Å². The summed E-state index contributed by atoms with van der Waals surface area (Å²) in [6, 6.07) is 0. The summed E-state index contributed by atoms with van der Waals surface area (Å²) in [4.78, 5) is 17.8. The summed E-state index contributed by atoms with van der Waals surface area (Å²) in [5.74, 6) is -0.0892. The lowest BCUT2D eigenvalue weighted by Gasteiger charge is -2.31. The zero-order valence-corrected chi connectivity index (χ0v) is 14.1. The number of carboxylic acids is 1. The van der Waals surface area contributed by atoms with Gasteiger partial charge in [0.2, 0.25) is 0 Å². The second-order valence-corrected chi connectivity index (χ2v) is 7.97. The first-order valence-electron chi connectivity index (χ1n) is 7.73. The molecule has 0 saturated carbocycles. The largest absolute Gasteiger partial charge is 0.481 e. The Morgan fingerprint density at radius 3 is 2.62 bits per heavy atom. The lowest BCUT2D eigenvalue weighted by molar-refractivity contribution is -0.137. The second kappa shape index (κ2) is 6.88. The Bertz CT molecular complexity index is 471. The molecule has 1 aliphatic heterocycles. The van der Waals surface area contributed by atoms with Crippen molar-refractivity contribution in [2.75, 3.05) is 13.1 Å². The molecule has 0 amide bonds. The molecule has 0 bridgehead atoms. The lowest BCUT2D eigenvalue weighted by Crippen LogP contribution is -2.33. The summed E-state index contributed by atoms with van der Waals surface area (Å²) >= 11 is 1.75. The van der Waals surface area contributed by atoms with Crippen molar-refractivity contribution < 1.29 is 9.90 Å². The van der Waals surface area contributed by atoms with Crippen LogP contribution in [0.1, 0.15) is 57.2 Å². The molecule has 0 atom stereocenters. The summed E-state index contributed by atoms with van der Waals surface area (Å²) in [5, 5.41) is 12.1. The minimum absolute atomic E-state index is 0.124. The standard InChI is InChI=1S/C16H26N2O2S/c1-16(2,3)13-11-21-14(17-13)10-18-8-6-12(7-9-18)4-5-15(19)20/h11-12H,4-10H2,1-3H3,(H,19,20). The molecule has 0 spiro atoms. The van der Waals surface area contributed by atoms with Crippen molar-refractivity contribution in [3.8, 4) is 0 Å². The van der Waals surface area contributed by atoms with Gasteiger partial charge >= 0.3 is 5.97 Å². The van der Waals surface area contributed by atoms with Gasteiger partial charge in [-0.1, -0.05) is 20.8 Å². The molecule has 1 aliphatic rings. The van der Waals surface area contributed by atoms with Gasteiger partial charge in [-0.2, -0.15) is 0 Å². The van der Waals surface area contributed by atoms with Gasteiger partial charge < -0.3 is 5.11 Å². The molecule has 0 aromatic carbocycles. The molecule has 1 aromatic heterocycles. The maximum absolute atomic E-state index is 10.6.